The van der Waals surface area contributed by atoms with E-state index in [4.69, 9.17) is 14.0 Å². The lowest BCUT2D eigenvalue weighted by atomic mass is 10.1. The fourth-order valence-corrected chi connectivity index (χ4v) is 3.04. The molecule has 29 heavy (non-hydrogen) atoms. The first-order valence-corrected chi connectivity index (χ1v) is 9.43. The largest absolute Gasteiger partial charge is 0.463 e. The van der Waals surface area contributed by atoms with E-state index in [1.54, 1.807) is 31.2 Å². The number of rotatable bonds is 8. The Hall–Kier alpha value is -3.36. The van der Waals surface area contributed by atoms with Crippen LogP contribution in [-0.4, -0.2) is 42.2 Å². The standard InChI is InChI=1S/C20H23N3O6/c1-13-10-18(23-29-13)27-12-19(25)28-11-17(24)22-16-9-5-4-8-15(16)20(26)21-14-6-2-3-7-14/h4-5,8-10,14H,2-3,6-7,11-12H2,1H3,(H,21,26)(H,22,24). The van der Waals surface area contributed by atoms with E-state index in [-0.39, 0.29) is 17.8 Å². The summed E-state index contributed by atoms with van der Waals surface area (Å²) in [7, 11) is 0. The van der Waals surface area contributed by atoms with Crippen LogP contribution in [0.3, 0.4) is 0 Å². The highest BCUT2D eigenvalue weighted by atomic mass is 16.6. The van der Waals surface area contributed by atoms with Crippen LogP contribution in [-0.2, 0) is 14.3 Å². The van der Waals surface area contributed by atoms with Crippen LogP contribution in [0.4, 0.5) is 5.69 Å². The van der Waals surface area contributed by atoms with Crippen molar-refractivity contribution in [1.29, 1.82) is 0 Å². The van der Waals surface area contributed by atoms with E-state index in [1.165, 1.54) is 6.07 Å². The Morgan fingerprint density at radius 3 is 2.66 bits per heavy atom. The Bertz CT molecular complexity index is 873. The van der Waals surface area contributed by atoms with E-state index >= 15 is 0 Å². The second kappa shape index (κ2) is 9.72. The van der Waals surface area contributed by atoms with Gasteiger partial charge in [0.05, 0.1) is 11.3 Å². The normalized spacial score (nSPS) is 13.7. The fourth-order valence-electron chi connectivity index (χ4n) is 3.04. The molecule has 0 atom stereocenters. The quantitative estimate of drug-likeness (QED) is 0.651. The summed E-state index contributed by atoms with van der Waals surface area (Å²) in [4.78, 5) is 36.3. The first-order chi connectivity index (χ1) is 14.0. The summed E-state index contributed by atoms with van der Waals surface area (Å²) in [5.74, 6) is -0.819. The van der Waals surface area contributed by atoms with E-state index in [9.17, 15) is 14.4 Å². The molecule has 3 rings (SSSR count). The number of hydrogen-bond acceptors (Lipinski definition) is 7. The van der Waals surface area contributed by atoms with E-state index in [1.807, 2.05) is 0 Å². The lowest BCUT2D eigenvalue weighted by molar-refractivity contribution is -0.149. The molecule has 0 saturated heterocycles. The van der Waals surface area contributed by atoms with Gasteiger partial charge < -0.3 is 24.6 Å². The molecule has 9 heteroatoms. The van der Waals surface area contributed by atoms with Crippen LogP contribution in [0.5, 0.6) is 5.88 Å². The molecule has 1 saturated carbocycles. The third-order valence-corrected chi connectivity index (χ3v) is 4.44. The number of carbonyl (C=O) groups is 3. The number of ether oxygens (including phenoxy) is 2. The SMILES string of the molecule is Cc1cc(OCC(=O)OCC(=O)Nc2ccccc2C(=O)NC2CCCC2)no1. The van der Waals surface area contributed by atoms with Gasteiger partial charge in [0.2, 0.25) is 0 Å². The van der Waals surface area contributed by atoms with Gasteiger partial charge in [0.1, 0.15) is 5.76 Å². The summed E-state index contributed by atoms with van der Waals surface area (Å²) in [6.07, 6.45) is 4.14. The fraction of sp³-hybridized carbons (Fsp3) is 0.400. The van der Waals surface area contributed by atoms with Crippen molar-refractivity contribution in [2.24, 2.45) is 0 Å². The Labute approximate surface area is 167 Å². The summed E-state index contributed by atoms with van der Waals surface area (Å²) in [5, 5.41) is 9.17. The predicted octanol–water partition coefficient (Wildman–Crippen LogP) is 2.22. The van der Waals surface area contributed by atoms with Crippen molar-refractivity contribution in [2.45, 2.75) is 38.6 Å². The van der Waals surface area contributed by atoms with Crippen molar-refractivity contribution in [3.8, 4) is 5.88 Å². The van der Waals surface area contributed by atoms with Gasteiger partial charge in [0.15, 0.2) is 13.2 Å². The number of nitrogens with zero attached hydrogens (tertiary/aromatic N) is 1. The molecule has 1 heterocycles. The molecule has 1 aliphatic carbocycles. The predicted molar refractivity (Wildman–Crippen MR) is 102 cm³/mol. The lowest BCUT2D eigenvalue weighted by Crippen LogP contribution is -2.33. The number of hydrogen-bond donors (Lipinski definition) is 2. The van der Waals surface area contributed by atoms with Gasteiger partial charge in [-0.3, -0.25) is 9.59 Å². The van der Waals surface area contributed by atoms with Crippen LogP contribution in [0.1, 0.15) is 41.8 Å². The van der Waals surface area contributed by atoms with Gasteiger partial charge >= 0.3 is 5.97 Å². The van der Waals surface area contributed by atoms with Gasteiger partial charge in [-0.2, -0.15) is 0 Å². The Kier molecular flexibility index (Phi) is 6.83. The molecule has 0 radical (unpaired) electrons. The van der Waals surface area contributed by atoms with Crippen LogP contribution in [0.2, 0.25) is 0 Å². The van der Waals surface area contributed by atoms with Crippen LogP contribution >= 0.6 is 0 Å². The van der Waals surface area contributed by atoms with Crippen molar-refractivity contribution in [2.75, 3.05) is 18.5 Å². The van der Waals surface area contributed by atoms with Crippen molar-refractivity contribution < 1.29 is 28.4 Å². The van der Waals surface area contributed by atoms with E-state index in [0.717, 1.165) is 25.7 Å². The summed E-state index contributed by atoms with van der Waals surface area (Å²) < 4.78 is 14.8. The number of aromatic nitrogens is 1. The van der Waals surface area contributed by atoms with Gasteiger partial charge in [0.25, 0.3) is 17.7 Å². The summed E-state index contributed by atoms with van der Waals surface area (Å²) >= 11 is 0. The van der Waals surface area contributed by atoms with E-state index in [2.05, 4.69) is 15.8 Å². The van der Waals surface area contributed by atoms with Gasteiger partial charge in [0, 0.05) is 12.1 Å². The number of para-hydroxylation sites is 1. The maximum atomic E-state index is 12.5. The second-order valence-corrected chi connectivity index (χ2v) is 6.77. The molecular formula is C20H23N3O6. The van der Waals surface area contributed by atoms with Crippen molar-refractivity contribution in [3.05, 3.63) is 41.7 Å². The number of nitrogens with one attached hydrogen (secondary N) is 2. The molecule has 1 fully saturated rings. The van der Waals surface area contributed by atoms with Crippen molar-refractivity contribution in [3.63, 3.8) is 0 Å². The van der Waals surface area contributed by atoms with Gasteiger partial charge in [-0.05, 0) is 37.1 Å². The molecule has 0 unspecified atom stereocenters. The first-order valence-electron chi connectivity index (χ1n) is 9.43. The minimum Gasteiger partial charge on any atom is -0.463 e. The number of aryl methyl sites for hydroxylation is 1. The molecule has 0 spiro atoms. The molecule has 2 aromatic rings. The van der Waals surface area contributed by atoms with Crippen LogP contribution in [0.15, 0.2) is 34.9 Å². The van der Waals surface area contributed by atoms with Gasteiger partial charge in [-0.25, -0.2) is 4.79 Å². The minimum atomic E-state index is -0.729. The molecule has 0 aliphatic heterocycles. The average Bonchev–Trinajstić information content (AvgIpc) is 3.36. The third-order valence-electron chi connectivity index (χ3n) is 4.44. The second-order valence-electron chi connectivity index (χ2n) is 6.77. The highest BCUT2D eigenvalue weighted by Gasteiger charge is 2.20. The van der Waals surface area contributed by atoms with Gasteiger partial charge in [-0.15, -0.1) is 0 Å². The van der Waals surface area contributed by atoms with Crippen molar-refractivity contribution >= 4 is 23.5 Å². The number of amides is 2. The summed E-state index contributed by atoms with van der Waals surface area (Å²) in [6.45, 7) is 0.784. The Morgan fingerprint density at radius 2 is 1.93 bits per heavy atom. The monoisotopic (exact) mass is 401 g/mol. The van der Waals surface area contributed by atoms with Crippen LogP contribution < -0.4 is 15.4 Å². The van der Waals surface area contributed by atoms with E-state index < -0.39 is 25.1 Å². The zero-order chi connectivity index (χ0) is 20.6. The van der Waals surface area contributed by atoms with Crippen LogP contribution in [0, 0.1) is 6.92 Å². The van der Waals surface area contributed by atoms with Crippen LogP contribution in [0.25, 0.3) is 0 Å². The molecule has 1 aromatic heterocycles. The minimum absolute atomic E-state index is 0.158. The third kappa shape index (κ3) is 6.06. The number of esters is 1. The summed E-state index contributed by atoms with van der Waals surface area (Å²) in [6, 6.07) is 8.39. The number of carbonyl (C=O) groups excluding carboxylic acids is 3. The zero-order valence-corrected chi connectivity index (χ0v) is 16.1. The molecule has 2 amide bonds. The zero-order valence-electron chi connectivity index (χ0n) is 16.1. The lowest BCUT2D eigenvalue weighted by Gasteiger charge is -2.15. The molecule has 9 nitrogen and oxygen atoms in total. The Morgan fingerprint density at radius 1 is 1.17 bits per heavy atom. The van der Waals surface area contributed by atoms with E-state index in [0.29, 0.717) is 17.0 Å². The summed E-state index contributed by atoms with van der Waals surface area (Å²) in [5.41, 5.74) is 0.724. The molecule has 2 N–H and O–H groups in total. The topological polar surface area (TPSA) is 120 Å². The smallest absolute Gasteiger partial charge is 0.344 e. The first kappa shape index (κ1) is 20.4. The Balaban J connectivity index is 1.47. The molecule has 1 aliphatic rings. The van der Waals surface area contributed by atoms with Gasteiger partial charge in [-0.1, -0.05) is 25.0 Å². The maximum absolute atomic E-state index is 12.5. The maximum Gasteiger partial charge on any atom is 0.344 e. The highest BCUT2D eigenvalue weighted by Crippen LogP contribution is 2.20. The highest BCUT2D eigenvalue weighted by molar-refractivity contribution is 6.04. The van der Waals surface area contributed by atoms with Crippen molar-refractivity contribution in [1.82, 2.24) is 10.5 Å². The number of anilines is 1. The average molecular weight is 401 g/mol. The molecule has 1 aromatic carbocycles. The number of benzene rings is 1. The molecular weight excluding hydrogens is 378 g/mol. The molecule has 0 bridgehead atoms. The molecule has 154 valence electrons.